The van der Waals surface area contributed by atoms with Gasteiger partial charge in [0.05, 0.1) is 22.1 Å². The molecule has 32 heavy (non-hydrogen) atoms. The lowest BCUT2D eigenvalue weighted by molar-refractivity contribution is 0.836. The van der Waals surface area contributed by atoms with Gasteiger partial charge in [-0.3, -0.25) is 15.0 Å². The van der Waals surface area contributed by atoms with Gasteiger partial charge in [-0.1, -0.05) is 23.7 Å². The molecular formula is C25H27ClN6. The minimum Gasteiger partial charge on any atom is -0.403 e. The molecule has 0 unspecified atom stereocenters. The van der Waals surface area contributed by atoms with Gasteiger partial charge in [-0.05, 0) is 68.5 Å². The van der Waals surface area contributed by atoms with Gasteiger partial charge in [0.1, 0.15) is 5.82 Å². The Morgan fingerprint density at radius 3 is 2.72 bits per heavy atom. The molecule has 3 N–H and O–H groups in total. The molecule has 4 rings (SSSR count). The molecule has 0 radical (unpaired) electrons. The van der Waals surface area contributed by atoms with Crippen molar-refractivity contribution in [2.45, 2.75) is 45.7 Å². The van der Waals surface area contributed by atoms with Gasteiger partial charge in [0, 0.05) is 42.4 Å². The highest BCUT2D eigenvalue weighted by molar-refractivity contribution is 6.46. The Morgan fingerprint density at radius 2 is 2.03 bits per heavy atom. The van der Waals surface area contributed by atoms with Crippen LogP contribution in [0.25, 0.3) is 11.4 Å². The monoisotopic (exact) mass is 446 g/mol. The molecule has 0 saturated carbocycles. The lowest BCUT2D eigenvalue weighted by atomic mass is 10.0. The molecule has 3 heterocycles. The average molecular weight is 447 g/mol. The normalized spacial score (nSPS) is 14.0. The smallest absolute Gasteiger partial charge is 0.127 e. The molecule has 0 fully saturated rings. The number of fused-ring (bicyclic) bond motifs is 1. The van der Waals surface area contributed by atoms with Crippen molar-refractivity contribution >= 4 is 23.1 Å². The number of pyridine rings is 3. The van der Waals surface area contributed by atoms with E-state index in [9.17, 15) is 0 Å². The average Bonchev–Trinajstić information content (AvgIpc) is 3.30. The van der Waals surface area contributed by atoms with Crippen LogP contribution in [0.15, 0.2) is 65.0 Å². The summed E-state index contributed by atoms with van der Waals surface area (Å²) in [4.78, 5) is 18.5. The second kappa shape index (κ2) is 9.92. The van der Waals surface area contributed by atoms with Gasteiger partial charge >= 0.3 is 0 Å². The van der Waals surface area contributed by atoms with E-state index in [4.69, 9.17) is 27.3 Å². The Labute approximate surface area is 193 Å². The Bertz CT molecular complexity index is 1140. The van der Waals surface area contributed by atoms with Gasteiger partial charge in [-0.25, -0.2) is 4.98 Å². The van der Waals surface area contributed by atoms with E-state index < -0.39 is 0 Å². The van der Waals surface area contributed by atoms with Crippen molar-refractivity contribution in [3.8, 4) is 11.4 Å². The number of hydrogen-bond donors (Lipinski definition) is 2. The molecule has 1 aliphatic carbocycles. The fourth-order valence-electron chi connectivity index (χ4n) is 3.83. The highest BCUT2D eigenvalue weighted by Gasteiger charge is 2.22. The maximum absolute atomic E-state index is 6.45. The minimum atomic E-state index is 0.101. The summed E-state index contributed by atoms with van der Waals surface area (Å²) in [5.41, 5.74) is 12.6. The van der Waals surface area contributed by atoms with Crippen molar-refractivity contribution < 1.29 is 0 Å². The molecule has 164 valence electrons. The first-order chi connectivity index (χ1) is 15.5. The molecule has 0 spiro atoms. The van der Waals surface area contributed by atoms with E-state index in [1.807, 2.05) is 50.4 Å². The van der Waals surface area contributed by atoms with Gasteiger partial charge in [0.15, 0.2) is 0 Å². The molecule has 6 nitrogen and oxygen atoms in total. The van der Waals surface area contributed by atoms with E-state index >= 15 is 0 Å². The van der Waals surface area contributed by atoms with E-state index in [1.54, 1.807) is 6.20 Å². The fraction of sp³-hybridized carbons (Fsp3) is 0.280. The third-order valence-electron chi connectivity index (χ3n) is 5.29. The van der Waals surface area contributed by atoms with E-state index in [0.717, 1.165) is 59.0 Å². The van der Waals surface area contributed by atoms with Crippen molar-refractivity contribution in [3.63, 3.8) is 0 Å². The molecule has 3 aromatic heterocycles. The second-order valence-corrected chi connectivity index (χ2v) is 8.45. The molecule has 0 amide bonds. The van der Waals surface area contributed by atoms with Crippen molar-refractivity contribution in [1.82, 2.24) is 15.0 Å². The number of nitrogens with one attached hydrogen (secondary N) is 1. The van der Waals surface area contributed by atoms with E-state index in [2.05, 4.69) is 21.4 Å². The van der Waals surface area contributed by atoms with Crippen molar-refractivity contribution in [2.75, 3.05) is 5.32 Å². The van der Waals surface area contributed by atoms with Crippen molar-refractivity contribution in [1.29, 1.82) is 0 Å². The number of aromatic nitrogens is 3. The topological polar surface area (TPSA) is 89.1 Å². The predicted octanol–water partition coefficient (Wildman–Crippen LogP) is 4.88. The summed E-state index contributed by atoms with van der Waals surface area (Å²) in [6, 6.07) is 12.0. The van der Waals surface area contributed by atoms with Gasteiger partial charge in [0.2, 0.25) is 0 Å². The number of anilines is 1. The van der Waals surface area contributed by atoms with E-state index in [0.29, 0.717) is 11.6 Å². The standard InChI is InChI=1S/C25H27ClN6/c1-16(2)31-25(20(26)13-27)19-12-24(32-21-8-5-6-18(19)21)30-15-17-9-10-23(29-14-17)22-7-3-4-11-28-22/h3-4,7,9-14,16H,5-6,8,15,27H2,1-2H3,(H,30,32)/b20-13+,31-25?. The van der Waals surface area contributed by atoms with Crippen LogP contribution in [0.2, 0.25) is 0 Å². The highest BCUT2D eigenvalue weighted by Crippen LogP contribution is 2.29. The predicted molar refractivity (Wildman–Crippen MR) is 131 cm³/mol. The maximum Gasteiger partial charge on any atom is 0.127 e. The van der Waals surface area contributed by atoms with Crippen LogP contribution in [-0.4, -0.2) is 26.7 Å². The summed E-state index contributed by atoms with van der Waals surface area (Å²) in [6.45, 7) is 4.67. The zero-order valence-corrected chi connectivity index (χ0v) is 19.1. The lowest BCUT2D eigenvalue weighted by Crippen LogP contribution is -2.13. The zero-order valence-electron chi connectivity index (χ0n) is 18.3. The summed E-state index contributed by atoms with van der Waals surface area (Å²) >= 11 is 6.45. The minimum absolute atomic E-state index is 0.101. The Hall–Kier alpha value is -3.25. The Kier molecular flexibility index (Phi) is 6.81. The van der Waals surface area contributed by atoms with Crippen LogP contribution < -0.4 is 11.1 Å². The molecule has 0 saturated heterocycles. The molecule has 0 aliphatic heterocycles. The maximum atomic E-state index is 6.45. The van der Waals surface area contributed by atoms with Gasteiger partial charge in [0.25, 0.3) is 0 Å². The molecule has 3 aromatic rings. The van der Waals surface area contributed by atoms with E-state index in [-0.39, 0.29) is 6.04 Å². The van der Waals surface area contributed by atoms with Gasteiger partial charge in [-0.2, -0.15) is 0 Å². The molecule has 0 bridgehead atoms. The number of nitrogens with zero attached hydrogens (tertiary/aromatic N) is 4. The second-order valence-electron chi connectivity index (χ2n) is 8.04. The number of rotatable bonds is 7. The van der Waals surface area contributed by atoms with Gasteiger partial charge in [-0.15, -0.1) is 0 Å². The largest absolute Gasteiger partial charge is 0.403 e. The van der Waals surface area contributed by atoms with Crippen LogP contribution in [-0.2, 0) is 19.4 Å². The first kappa shape index (κ1) is 22.0. The quantitative estimate of drug-likeness (QED) is 0.505. The molecule has 0 atom stereocenters. The number of aliphatic imine (C=N–C) groups is 1. The van der Waals surface area contributed by atoms with Crippen LogP contribution in [0.1, 0.15) is 42.7 Å². The SMILES string of the molecule is CC(C)N=C(/C(Cl)=C\N)c1cc(NCc2ccc(-c3ccccn3)nc2)nc2c1CCC2. The summed E-state index contributed by atoms with van der Waals surface area (Å²) in [6.07, 6.45) is 8.06. The zero-order chi connectivity index (χ0) is 22.5. The fourth-order valence-corrected chi connectivity index (χ4v) is 3.98. The number of hydrogen-bond acceptors (Lipinski definition) is 6. The summed E-state index contributed by atoms with van der Waals surface area (Å²) < 4.78 is 0. The number of halogens is 1. The molecule has 7 heteroatoms. The number of aryl methyl sites for hydroxylation is 1. The third-order valence-corrected chi connectivity index (χ3v) is 5.60. The Balaban J connectivity index is 1.58. The van der Waals surface area contributed by atoms with Crippen LogP contribution in [0.4, 0.5) is 5.82 Å². The van der Waals surface area contributed by atoms with Crippen LogP contribution in [0.5, 0.6) is 0 Å². The first-order valence-electron chi connectivity index (χ1n) is 10.8. The Morgan fingerprint density at radius 1 is 1.19 bits per heavy atom. The summed E-state index contributed by atoms with van der Waals surface area (Å²) in [7, 11) is 0. The van der Waals surface area contributed by atoms with Crippen molar-refractivity contribution in [2.24, 2.45) is 10.7 Å². The molecule has 0 aromatic carbocycles. The van der Waals surface area contributed by atoms with Crippen molar-refractivity contribution in [3.05, 3.63) is 82.4 Å². The summed E-state index contributed by atoms with van der Waals surface area (Å²) in [5.74, 6) is 0.799. The van der Waals surface area contributed by atoms with Crippen LogP contribution >= 0.6 is 11.6 Å². The van der Waals surface area contributed by atoms with Gasteiger partial charge < -0.3 is 11.1 Å². The lowest BCUT2D eigenvalue weighted by Gasteiger charge is -2.15. The number of nitrogens with two attached hydrogens (primary N) is 1. The van der Waals surface area contributed by atoms with Crippen LogP contribution in [0.3, 0.4) is 0 Å². The molecule has 1 aliphatic rings. The molecular weight excluding hydrogens is 420 g/mol. The first-order valence-corrected chi connectivity index (χ1v) is 11.2. The van der Waals surface area contributed by atoms with Crippen LogP contribution in [0, 0.1) is 0 Å². The third kappa shape index (κ3) is 4.97. The highest BCUT2D eigenvalue weighted by atomic mass is 35.5. The van der Waals surface area contributed by atoms with E-state index in [1.165, 1.54) is 11.8 Å². The number of allylic oxidation sites excluding steroid dienone is 1. The summed E-state index contributed by atoms with van der Waals surface area (Å²) in [5, 5.41) is 3.90.